The summed E-state index contributed by atoms with van der Waals surface area (Å²) in [6.45, 7) is -0.342. The lowest BCUT2D eigenvalue weighted by Crippen LogP contribution is -2.20. The molecule has 7 rings (SSSR count). The molecule has 1 aliphatic rings. The van der Waals surface area contributed by atoms with Gasteiger partial charge in [0.05, 0.1) is 11.1 Å². The summed E-state index contributed by atoms with van der Waals surface area (Å²) in [6.07, 6.45) is -0.341. The van der Waals surface area contributed by atoms with Gasteiger partial charge in [0.1, 0.15) is 53.8 Å². The standard InChI is InChI=1S/C47H36F6N6O6/c48-46(49,50)40-26-33(11-18-42(40)62-28-30-4-2-1-3-5-30)58-44(60)56-31-6-13-36(14-7-31)64-38-17-10-35(55-25-22-38)29-63-43-19-12-34(27-41(43)47(51,52)53)59-45(61)57-32-8-15-37(16-9-32)65-39-20-23-54-24-21-39/h1-27,35H,28-29H2,(H2,56,58,60)(H2,57,59,61). The van der Waals surface area contributed by atoms with Crippen LogP contribution in [0.15, 0.2) is 169 Å². The molecule has 1 unspecified atom stereocenters. The highest BCUT2D eigenvalue weighted by atomic mass is 19.4. The molecule has 1 aliphatic heterocycles. The summed E-state index contributed by atoms with van der Waals surface area (Å²) in [6, 6.07) is 28.6. The summed E-state index contributed by atoms with van der Waals surface area (Å²) in [5, 5.41) is 9.90. The molecule has 1 atom stereocenters. The molecule has 4 amide bonds. The molecule has 5 aromatic carbocycles. The van der Waals surface area contributed by atoms with Crippen LogP contribution >= 0.6 is 0 Å². The van der Waals surface area contributed by atoms with Crippen LogP contribution in [-0.2, 0) is 19.0 Å². The minimum Gasteiger partial charge on any atom is -0.490 e. The molecule has 4 N–H and O–H groups in total. The number of aromatic nitrogens is 1. The van der Waals surface area contributed by atoms with Crippen molar-refractivity contribution in [2.45, 2.75) is 25.0 Å². The number of aliphatic imine (C=N–C) groups is 1. The highest BCUT2D eigenvalue weighted by Gasteiger charge is 2.36. The maximum Gasteiger partial charge on any atom is 0.420 e. The van der Waals surface area contributed by atoms with Crippen LogP contribution in [0.25, 0.3) is 0 Å². The zero-order valence-corrected chi connectivity index (χ0v) is 33.7. The molecule has 0 fully saturated rings. The van der Waals surface area contributed by atoms with Crippen molar-refractivity contribution in [2.75, 3.05) is 27.9 Å². The first-order valence-corrected chi connectivity index (χ1v) is 19.5. The normalized spacial score (nSPS) is 13.4. The second-order valence-electron chi connectivity index (χ2n) is 13.9. The van der Waals surface area contributed by atoms with E-state index in [0.29, 0.717) is 39.9 Å². The summed E-state index contributed by atoms with van der Waals surface area (Å²) < 4.78 is 107. The zero-order chi connectivity index (χ0) is 45.8. The lowest BCUT2D eigenvalue weighted by atomic mass is 10.1. The number of hydrogen-bond donors (Lipinski definition) is 4. The first kappa shape index (κ1) is 44.8. The van der Waals surface area contributed by atoms with Crippen LogP contribution < -0.4 is 40.2 Å². The van der Waals surface area contributed by atoms with Gasteiger partial charge in [0, 0.05) is 41.4 Å². The molecular weight excluding hydrogens is 859 g/mol. The smallest absolute Gasteiger partial charge is 0.420 e. The molecule has 1 aromatic heterocycles. The number of nitrogens with one attached hydrogen (secondary N) is 4. The molecule has 2 heterocycles. The van der Waals surface area contributed by atoms with Crippen LogP contribution in [0.5, 0.6) is 28.7 Å². The quantitative estimate of drug-likeness (QED) is 0.0797. The van der Waals surface area contributed by atoms with Gasteiger partial charge < -0.3 is 40.2 Å². The van der Waals surface area contributed by atoms with E-state index in [1.54, 1.807) is 91.3 Å². The van der Waals surface area contributed by atoms with E-state index < -0.39 is 47.3 Å². The number of alkyl halides is 6. The van der Waals surface area contributed by atoms with Crippen LogP contribution in [0.2, 0.25) is 0 Å². The van der Waals surface area contributed by atoms with Gasteiger partial charge in [0.15, 0.2) is 0 Å². The Hall–Kier alpha value is -8.28. The molecule has 65 heavy (non-hydrogen) atoms. The summed E-state index contributed by atoms with van der Waals surface area (Å²) in [5.74, 6) is 0.875. The fourth-order valence-electron chi connectivity index (χ4n) is 6.00. The van der Waals surface area contributed by atoms with Gasteiger partial charge in [-0.25, -0.2) is 9.59 Å². The number of hydrogen-bond acceptors (Lipinski definition) is 8. The molecule has 0 bridgehead atoms. The van der Waals surface area contributed by atoms with Crippen molar-refractivity contribution < 1.29 is 54.9 Å². The summed E-state index contributed by atoms with van der Waals surface area (Å²) >= 11 is 0. The monoisotopic (exact) mass is 894 g/mol. The number of benzene rings is 5. The van der Waals surface area contributed by atoms with E-state index in [4.69, 9.17) is 18.9 Å². The Labute approximate surface area is 367 Å². The second-order valence-corrected chi connectivity index (χ2v) is 13.9. The minimum absolute atomic E-state index is 0.0760. The SMILES string of the molecule is O=C(Nc1ccc(OC2=CC=NC(COc3ccc(NC(=O)Nc4ccc(Oc5ccncc5)cc4)cc3C(F)(F)F)C=C2)cc1)Nc1ccc(OCc2ccccc2)c(C(F)(F)F)c1. The van der Waals surface area contributed by atoms with Gasteiger partial charge in [-0.3, -0.25) is 9.98 Å². The molecule has 0 aliphatic carbocycles. The van der Waals surface area contributed by atoms with Crippen LogP contribution in [0.3, 0.4) is 0 Å². The van der Waals surface area contributed by atoms with Crippen molar-refractivity contribution in [1.82, 2.24) is 4.98 Å². The van der Waals surface area contributed by atoms with E-state index in [1.165, 1.54) is 48.7 Å². The van der Waals surface area contributed by atoms with E-state index in [-0.39, 0.29) is 30.3 Å². The van der Waals surface area contributed by atoms with E-state index >= 15 is 0 Å². The first-order chi connectivity index (χ1) is 31.2. The third-order valence-corrected chi connectivity index (χ3v) is 9.08. The number of amides is 4. The van der Waals surface area contributed by atoms with Gasteiger partial charge in [-0.1, -0.05) is 36.4 Å². The van der Waals surface area contributed by atoms with E-state index in [9.17, 15) is 35.9 Å². The average Bonchev–Trinajstić information content (AvgIpc) is 3.51. The fraction of sp³-hybridized carbons (Fsp3) is 0.106. The molecule has 0 spiro atoms. The van der Waals surface area contributed by atoms with Gasteiger partial charge in [-0.2, -0.15) is 26.3 Å². The van der Waals surface area contributed by atoms with Gasteiger partial charge in [0.2, 0.25) is 0 Å². The molecule has 0 saturated carbocycles. The largest absolute Gasteiger partial charge is 0.490 e. The van der Waals surface area contributed by atoms with Crippen molar-refractivity contribution in [3.63, 3.8) is 0 Å². The number of urea groups is 2. The maximum absolute atomic E-state index is 14.1. The Balaban J connectivity index is 0.881. The van der Waals surface area contributed by atoms with E-state index in [2.05, 4.69) is 31.2 Å². The summed E-state index contributed by atoms with van der Waals surface area (Å²) in [5.41, 5.74) is -1.03. The van der Waals surface area contributed by atoms with Gasteiger partial charge >= 0.3 is 24.4 Å². The van der Waals surface area contributed by atoms with Crippen molar-refractivity contribution >= 4 is 41.0 Å². The van der Waals surface area contributed by atoms with Crippen molar-refractivity contribution in [3.05, 3.63) is 180 Å². The highest BCUT2D eigenvalue weighted by Crippen LogP contribution is 2.40. The number of allylic oxidation sites excluding steroid dienone is 2. The topological polar surface area (TPSA) is 144 Å². The van der Waals surface area contributed by atoms with Gasteiger partial charge in [0.25, 0.3) is 0 Å². The maximum atomic E-state index is 14.1. The van der Waals surface area contributed by atoms with Crippen LogP contribution in [0, 0.1) is 0 Å². The number of pyridine rings is 1. The van der Waals surface area contributed by atoms with Crippen molar-refractivity contribution in [3.8, 4) is 28.7 Å². The number of nitrogens with zero attached hydrogens (tertiary/aromatic N) is 2. The molecule has 332 valence electrons. The van der Waals surface area contributed by atoms with Crippen molar-refractivity contribution in [2.24, 2.45) is 4.99 Å². The number of ether oxygens (including phenoxy) is 4. The Morgan fingerprint density at radius 3 is 1.62 bits per heavy atom. The molecule has 0 radical (unpaired) electrons. The minimum atomic E-state index is -4.82. The lowest BCUT2D eigenvalue weighted by Gasteiger charge is -2.17. The van der Waals surface area contributed by atoms with Gasteiger partial charge in [-0.15, -0.1) is 0 Å². The Kier molecular flexibility index (Phi) is 14.0. The predicted molar refractivity (Wildman–Crippen MR) is 232 cm³/mol. The Bertz CT molecular complexity index is 2680. The number of rotatable bonds is 14. The van der Waals surface area contributed by atoms with Gasteiger partial charge in [-0.05, 0) is 115 Å². The number of halogens is 6. The summed E-state index contributed by atoms with van der Waals surface area (Å²) in [7, 11) is 0. The average molecular weight is 895 g/mol. The van der Waals surface area contributed by atoms with Crippen LogP contribution in [0.1, 0.15) is 16.7 Å². The molecular formula is C47H36F6N6O6. The Morgan fingerprint density at radius 1 is 0.569 bits per heavy atom. The van der Waals surface area contributed by atoms with Crippen molar-refractivity contribution in [1.29, 1.82) is 0 Å². The second kappa shape index (κ2) is 20.3. The van der Waals surface area contributed by atoms with Crippen LogP contribution in [0.4, 0.5) is 58.7 Å². The third kappa shape index (κ3) is 13.1. The Morgan fingerprint density at radius 2 is 1.06 bits per heavy atom. The van der Waals surface area contributed by atoms with E-state index in [0.717, 1.165) is 24.3 Å². The molecule has 6 aromatic rings. The molecule has 0 saturated heterocycles. The number of carbonyl (C=O) groups excluding carboxylic acids is 2. The molecule has 18 heteroatoms. The summed E-state index contributed by atoms with van der Waals surface area (Å²) in [4.78, 5) is 33.6. The lowest BCUT2D eigenvalue weighted by molar-refractivity contribution is -0.139. The molecule has 12 nitrogen and oxygen atoms in total. The predicted octanol–water partition coefficient (Wildman–Crippen LogP) is 12.1. The third-order valence-electron chi connectivity index (χ3n) is 9.08. The van der Waals surface area contributed by atoms with Crippen LogP contribution in [-0.4, -0.2) is 35.9 Å². The first-order valence-electron chi connectivity index (χ1n) is 19.5. The zero-order valence-electron chi connectivity index (χ0n) is 33.7. The highest BCUT2D eigenvalue weighted by molar-refractivity contribution is 6.00. The number of anilines is 4. The fourth-order valence-corrected chi connectivity index (χ4v) is 6.00. The van der Waals surface area contributed by atoms with E-state index in [1.807, 2.05) is 0 Å². The number of carbonyl (C=O) groups is 2.